The highest BCUT2D eigenvalue weighted by molar-refractivity contribution is 5.88. The molecule has 2 aromatic rings. The lowest BCUT2D eigenvalue weighted by Gasteiger charge is -2.05. The highest BCUT2D eigenvalue weighted by Gasteiger charge is 2.09. The molecule has 0 saturated carbocycles. The Labute approximate surface area is 132 Å². The molecule has 2 amide bonds. The maximum Gasteiger partial charge on any atom is 0.320 e. The number of carbonyl (C=O) groups is 2. The highest BCUT2D eigenvalue weighted by atomic mass is 19.1. The van der Waals surface area contributed by atoms with Crippen LogP contribution in [0.1, 0.15) is 18.5 Å². The number of anilines is 1. The van der Waals surface area contributed by atoms with Gasteiger partial charge in [0.2, 0.25) is 0 Å². The van der Waals surface area contributed by atoms with Crippen LogP contribution < -0.4 is 10.6 Å². The van der Waals surface area contributed by atoms with E-state index >= 15 is 0 Å². The van der Waals surface area contributed by atoms with Gasteiger partial charge in [-0.3, -0.25) is 10.1 Å². The summed E-state index contributed by atoms with van der Waals surface area (Å²) in [6, 6.07) is 7.15. The molecule has 0 bridgehead atoms. The van der Waals surface area contributed by atoms with Gasteiger partial charge in [-0.2, -0.15) is 0 Å². The number of aromatic nitrogens is 2. The second-order valence-electron chi connectivity index (χ2n) is 4.94. The van der Waals surface area contributed by atoms with Crippen LogP contribution >= 0.6 is 0 Å². The molecule has 0 aliphatic rings. The van der Waals surface area contributed by atoms with E-state index in [2.05, 4.69) is 15.7 Å². The molecular formula is C15H17FN4O3. The first-order valence-electron chi connectivity index (χ1n) is 7.05. The van der Waals surface area contributed by atoms with E-state index in [1.807, 2.05) is 0 Å². The third-order valence-electron chi connectivity index (χ3n) is 3.03. The number of carboxylic acid groups (broad SMARTS) is 1. The van der Waals surface area contributed by atoms with Crippen molar-refractivity contribution in [2.45, 2.75) is 19.8 Å². The zero-order valence-corrected chi connectivity index (χ0v) is 12.5. The molecule has 0 radical (unpaired) electrons. The summed E-state index contributed by atoms with van der Waals surface area (Å²) in [6.07, 6.45) is 0.340. The summed E-state index contributed by atoms with van der Waals surface area (Å²) >= 11 is 0. The molecule has 0 fully saturated rings. The van der Waals surface area contributed by atoms with Crippen molar-refractivity contribution < 1.29 is 19.1 Å². The van der Waals surface area contributed by atoms with Crippen LogP contribution in [0.3, 0.4) is 0 Å². The monoisotopic (exact) mass is 320 g/mol. The fraction of sp³-hybridized carbons (Fsp3) is 0.267. The number of aryl methyl sites for hydroxylation is 1. The SMILES string of the molecule is Cc1cc(NC(=O)NCCCC(=O)O)nn1-c1cccc(F)c1. The number of carboxylic acids is 1. The summed E-state index contributed by atoms with van der Waals surface area (Å²) in [4.78, 5) is 22.1. The lowest BCUT2D eigenvalue weighted by molar-refractivity contribution is -0.137. The topological polar surface area (TPSA) is 96.2 Å². The van der Waals surface area contributed by atoms with Crippen LogP contribution in [0.4, 0.5) is 15.0 Å². The van der Waals surface area contributed by atoms with E-state index in [0.717, 1.165) is 5.69 Å². The standard InChI is InChI=1S/C15H17FN4O3/c1-10-8-13(18-15(23)17-7-3-6-14(21)22)19-20(10)12-5-2-4-11(16)9-12/h2,4-5,8-9H,3,6-7H2,1H3,(H,21,22)(H2,17,18,19,23). The number of nitrogens with one attached hydrogen (secondary N) is 2. The van der Waals surface area contributed by atoms with E-state index in [9.17, 15) is 14.0 Å². The molecule has 0 aliphatic heterocycles. The van der Waals surface area contributed by atoms with Gasteiger partial charge in [0.1, 0.15) is 5.82 Å². The van der Waals surface area contributed by atoms with Crippen molar-refractivity contribution in [1.82, 2.24) is 15.1 Å². The first-order valence-corrected chi connectivity index (χ1v) is 7.05. The average Bonchev–Trinajstić information content (AvgIpc) is 2.84. The van der Waals surface area contributed by atoms with Crippen molar-refractivity contribution in [3.05, 3.63) is 41.8 Å². The molecule has 122 valence electrons. The first kappa shape index (κ1) is 16.5. The van der Waals surface area contributed by atoms with E-state index in [1.165, 1.54) is 16.8 Å². The van der Waals surface area contributed by atoms with Crippen molar-refractivity contribution >= 4 is 17.8 Å². The van der Waals surface area contributed by atoms with E-state index < -0.39 is 12.0 Å². The van der Waals surface area contributed by atoms with Gasteiger partial charge in [-0.05, 0) is 31.5 Å². The maximum absolute atomic E-state index is 13.3. The van der Waals surface area contributed by atoms with Crippen molar-refractivity contribution in [2.24, 2.45) is 0 Å². The van der Waals surface area contributed by atoms with E-state index in [0.29, 0.717) is 17.9 Å². The van der Waals surface area contributed by atoms with Gasteiger partial charge in [0.25, 0.3) is 0 Å². The third-order valence-corrected chi connectivity index (χ3v) is 3.03. The Morgan fingerprint density at radius 1 is 1.35 bits per heavy atom. The number of benzene rings is 1. The Bertz CT molecular complexity index is 714. The number of carbonyl (C=O) groups excluding carboxylic acids is 1. The number of amides is 2. The van der Waals surface area contributed by atoms with Gasteiger partial charge < -0.3 is 10.4 Å². The number of halogens is 1. The van der Waals surface area contributed by atoms with Gasteiger partial charge in [0, 0.05) is 24.7 Å². The average molecular weight is 320 g/mol. The zero-order valence-electron chi connectivity index (χ0n) is 12.5. The molecule has 2 rings (SSSR count). The van der Waals surface area contributed by atoms with Gasteiger partial charge in [0.05, 0.1) is 5.69 Å². The molecule has 23 heavy (non-hydrogen) atoms. The van der Waals surface area contributed by atoms with Gasteiger partial charge in [-0.1, -0.05) is 6.07 Å². The third kappa shape index (κ3) is 4.80. The summed E-state index contributed by atoms with van der Waals surface area (Å²) < 4.78 is 14.8. The molecule has 7 nitrogen and oxygen atoms in total. The minimum Gasteiger partial charge on any atom is -0.481 e. The molecule has 1 heterocycles. The van der Waals surface area contributed by atoms with Crippen LogP contribution in [0.2, 0.25) is 0 Å². The lowest BCUT2D eigenvalue weighted by Crippen LogP contribution is -2.30. The lowest BCUT2D eigenvalue weighted by atomic mass is 10.3. The Balaban J connectivity index is 1.95. The molecule has 0 aliphatic carbocycles. The highest BCUT2D eigenvalue weighted by Crippen LogP contribution is 2.15. The Morgan fingerprint density at radius 2 is 2.13 bits per heavy atom. The summed E-state index contributed by atoms with van der Waals surface area (Å²) in [5.41, 5.74) is 1.29. The second-order valence-corrected chi connectivity index (χ2v) is 4.94. The molecule has 1 aromatic carbocycles. The molecular weight excluding hydrogens is 303 g/mol. The smallest absolute Gasteiger partial charge is 0.320 e. The summed E-state index contributed by atoms with van der Waals surface area (Å²) in [6.45, 7) is 2.04. The number of hydrogen-bond donors (Lipinski definition) is 3. The number of hydrogen-bond acceptors (Lipinski definition) is 3. The fourth-order valence-corrected chi connectivity index (χ4v) is 2.01. The minimum atomic E-state index is -0.906. The Hall–Kier alpha value is -2.90. The quantitative estimate of drug-likeness (QED) is 0.712. The number of urea groups is 1. The van der Waals surface area contributed by atoms with Crippen molar-refractivity contribution in [3.63, 3.8) is 0 Å². The van der Waals surface area contributed by atoms with Gasteiger partial charge in [-0.25, -0.2) is 13.9 Å². The largest absolute Gasteiger partial charge is 0.481 e. The van der Waals surface area contributed by atoms with Crippen molar-refractivity contribution in [2.75, 3.05) is 11.9 Å². The zero-order chi connectivity index (χ0) is 16.8. The molecule has 0 unspecified atom stereocenters. The van der Waals surface area contributed by atoms with Crippen LogP contribution in [0.5, 0.6) is 0 Å². The molecule has 0 saturated heterocycles. The molecule has 0 spiro atoms. The first-order chi connectivity index (χ1) is 11.0. The molecule has 0 atom stereocenters. The van der Waals surface area contributed by atoms with Gasteiger partial charge >= 0.3 is 12.0 Å². The predicted octanol–water partition coefficient (Wildman–Crippen LogP) is 2.31. The minimum absolute atomic E-state index is 0.00636. The predicted molar refractivity (Wildman–Crippen MR) is 82.2 cm³/mol. The van der Waals surface area contributed by atoms with Crippen LogP contribution in [0.15, 0.2) is 30.3 Å². The summed E-state index contributed by atoms with van der Waals surface area (Å²) in [5, 5.41) is 17.8. The van der Waals surface area contributed by atoms with Crippen molar-refractivity contribution in [3.8, 4) is 5.69 Å². The number of rotatable bonds is 6. The van der Waals surface area contributed by atoms with Crippen LogP contribution in [-0.4, -0.2) is 33.4 Å². The van der Waals surface area contributed by atoms with Crippen LogP contribution in [-0.2, 0) is 4.79 Å². The van der Waals surface area contributed by atoms with E-state index in [-0.39, 0.29) is 18.8 Å². The maximum atomic E-state index is 13.3. The van der Waals surface area contributed by atoms with Gasteiger partial charge in [-0.15, -0.1) is 5.10 Å². The summed E-state index contributed by atoms with van der Waals surface area (Å²) in [7, 11) is 0. The normalized spacial score (nSPS) is 10.3. The molecule has 3 N–H and O–H groups in total. The van der Waals surface area contributed by atoms with Crippen LogP contribution in [0, 0.1) is 12.7 Å². The van der Waals surface area contributed by atoms with E-state index in [4.69, 9.17) is 5.11 Å². The van der Waals surface area contributed by atoms with Crippen molar-refractivity contribution in [1.29, 1.82) is 0 Å². The Morgan fingerprint density at radius 3 is 2.83 bits per heavy atom. The molecule has 1 aromatic heterocycles. The van der Waals surface area contributed by atoms with Gasteiger partial charge in [0.15, 0.2) is 5.82 Å². The summed E-state index contributed by atoms with van der Waals surface area (Å²) in [5.74, 6) is -0.956. The second kappa shape index (κ2) is 7.39. The Kier molecular flexibility index (Phi) is 5.29. The van der Waals surface area contributed by atoms with Crippen LogP contribution in [0.25, 0.3) is 5.69 Å². The van der Waals surface area contributed by atoms with E-state index in [1.54, 1.807) is 25.1 Å². The number of nitrogens with zero attached hydrogens (tertiary/aromatic N) is 2. The molecule has 8 heteroatoms. The fourth-order valence-electron chi connectivity index (χ4n) is 2.01. The number of aliphatic carboxylic acids is 1.